The molecule has 2 aliphatic rings. The molecular formula is C19H26N4O5S. The summed E-state index contributed by atoms with van der Waals surface area (Å²) in [7, 11) is -2.40. The van der Waals surface area contributed by atoms with E-state index in [2.05, 4.69) is 0 Å². The van der Waals surface area contributed by atoms with Crippen molar-refractivity contribution in [1.29, 1.82) is 0 Å². The first-order valence-corrected chi connectivity index (χ1v) is 10.8. The maximum atomic E-state index is 13.3. The van der Waals surface area contributed by atoms with E-state index in [1.165, 1.54) is 11.4 Å². The van der Waals surface area contributed by atoms with Gasteiger partial charge in [-0.15, -0.1) is 0 Å². The lowest BCUT2D eigenvalue weighted by atomic mass is 10.0. The SMILES string of the molecule is Cc1cc(C)c(C)c(S(=O)(=O)N2CCN(CN3C(=O)C(=O)N(C)C3=O)CC2)c1C. The number of nitrogens with zero attached hydrogens (tertiary/aromatic N) is 4. The number of aryl methyl sites for hydroxylation is 2. The molecule has 29 heavy (non-hydrogen) atoms. The Morgan fingerprint density at radius 1 is 0.862 bits per heavy atom. The zero-order valence-corrected chi connectivity index (χ0v) is 18.2. The standard InChI is InChI=1S/C19H26N4O5S/c1-12-10-13(2)15(4)16(14(12)3)29(27,28)22-8-6-21(7-9-22)11-23-18(25)17(24)20(5)19(23)26/h10H,6-9,11H2,1-5H3. The summed E-state index contributed by atoms with van der Waals surface area (Å²) in [6.45, 7) is 8.63. The molecule has 0 spiro atoms. The summed E-state index contributed by atoms with van der Waals surface area (Å²) in [5.74, 6) is -1.70. The molecule has 0 aliphatic carbocycles. The Hall–Kier alpha value is -2.30. The van der Waals surface area contributed by atoms with Gasteiger partial charge in [0, 0.05) is 33.2 Å². The minimum Gasteiger partial charge on any atom is -0.283 e. The largest absolute Gasteiger partial charge is 0.335 e. The van der Waals surface area contributed by atoms with E-state index in [0.717, 1.165) is 32.1 Å². The van der Waals surface area contributed by atoms with E-state index >= 15 is 0 Å². The maximum absolute atomic E-state index is 13.3. The van der Waals surface area contributed by atoms with Crippen molar-refractivity contribution in [2.45, 2.75) is 32.6 Å². The van der Waals surface area contributed by atoms with Crippen LogP contribution in [0.3, 0.4) is 0 Å². The molecule has 0 N–H and O–H groups in total. The van der Waals surface area contributed by atoms with Crippen molar-refractivity contribution in [2.75, 3.05) is 39.9 Å². The highest BCUT2D eigenvalue weighted by Gasteiger charge is 2.43. The van der Waals surface area contributed by atoms with Crippen LogP contribution in [0.5, 0.6) is 0 Å². The van der Waals surface area contributed by atoms with Crippen LogP contribution in [0.15, 0.2) is 11.0 Å². The summed E-state index contributed by atoms with van der Waals surface area (Å²) in [4.78, 5) is 39.4. The zero-order valence-electron chi connectivity index (χ0n) is 17.4. The molecule has 0 unspecified atom stereocenters. The second kappa shape index (κ2) is 7.51. The number of hydrogen-bond acceptors (Lipinski definition) is 6. The molecule has 10 heteroatoms. The Morgan fingerprint density at radius 3 is 1.83 bits per heavy atom. The second-order valence-corrected chi connectivity index (χ2v) is 9.51. The Kier molecular flexibility index (Phi) is 5.54. The number of carbonyl (C=O) groups is 3. The fraction of sp³-hybridized carbons (Fsp3) is 0.526. The molecule has 2 heterocycles. The molecule has 3 rings (SSSR count). The summed E-state index contributed by atoms with van der Waals surface area (Å²) in [6.07, 6.45) is 0. The molecule has 2 fully saturated rings. The molecule has 1 aromatic carbocycles. The summed E-state index contributed by atoms with van der Waals surface area (Å²) >= 11 is 0. The molecule has 9 nitrogen and oxygen atoms in total. The average Bonchev–Trinajstić information content (AvgIpc) is 2.85. The molecule has 0 radical (unpaired) electrons. The third-order valence-corrected chi connectivity index (χ3v) is 7.99. The van der Waals surface area contributed by atoms with Crippen LogP contribution in [0.25, 0.3) is 0 Å². The highest BCUT2D eigenvalue weighted by molar-refractivity contribution is 7.89. The molecule has 158 valence electrons. The van der Waals surface area contributed by atoms with Crippen LogP contribution < -0.4 is 0 Å². The third-order valence-electron chi connectivity index (χ3n) is 5.82. The van der Waals surface area contributed by atoms with Crippen molar-refractivity contribution in [3.05, 3.63) is 28.3 Å². The van der Waals surface area contributed by atoms with Gasteiger partial charge in [0.05, 0.1) is 11.6 Å². The van der Waals surface area contributed by atoms with Gasteiger partial charge in [0.1, 0.15) is 0 Å². The van der Waals surface area contributed by atoms with E-state index in [1.807, 2.05) is 33.8 Å². The van der Waals surface area contributed by atoms with E-state index in [0.29, 0.717) is 18.0 Å². The molecule has 0 saturated carbocycles. The summed E-state index contributed by atoms with van der Waals surface area (Å²) in [5, 5.41) is 0. The van der Waals surface area contributed by atoms with E-state index in [4.69, 9.17) is 0 Å². The van der Waals surface area contributed by atoms with E-state index in [1.54, 1.807) is 4.90 Å². The predicted octanol–water partition coefficient (Wildman–Crippen LogP) is 0.605. The van der Waals surface area contributed by atoms with E-state index in [9.17, 15) is 22.8 Å². The number of rotatable bonds is 4. The van der Waals surface area contributed by atoms with Crippen LogP contribution in [0.4, 0.5) is 4.79 Å². The Balaban J connectivity index is 1.74. The molecule has 0 aromatic heterocycles. The number of urea groups is 1. The van der Waals surface area contributed by atoms with Gasteiger partial charge in [-0.25, -0.2) is 18.1 Å². The monoisotopic (exact) mass is 422 g/mol. The molecule has 1 aromatic rings. The van der Waals surface area contributed by atoms with Gasteiger partial charge in [0.25, 0.3) is 0 Å². The van der Waals surface area contributed by atoms with Gasteiger partial charge in [-0.1, -0.05) is 6.07 Å². The zero-order chi connectivity index (χ0) is 21.7. The molecule has 4 amide bonds. The number of benzene rings is 1. The fourth-order valence-electron chi connectivity index (χ4n) is 3.75. The molecule has 2 aliphatic heterocycles. The van der Waals surface area contributed by atoms with Gasteiger partial charge in [-0.05, 0) is 49.9 Å². The van der Waals surface area contributed by atoms with Gasteiger partial charge in [-0.3, -0.25) is 19.4 Å². The van der Waals surface area contributed by atoms with Crippen molar-refractivity contribution in [1.82, 2.24) is 19.0 Å². The van der Waals surface area contributed by atoms with Crippen LogP contribution in [-0.4, -0.2) is 85.2 Å². The average molecular weight is 423 g/mol. The number of hydrogen-bond donors (Lipinski definition) is 0. The maximum Gasteiger partial charge on any atom is 0.335 e. The molecular weight excluding hydrogens is 396 g/mol. The smallest absolute Gasteiger partial charge is 0.283 e. The second-order valence-electron chi connectivity index (χ2n) is 7.63. The Bertz CT molecular complexity index is 970. The topological polar surface area (TPSA) is 98.3 Å². The summed E-state index contributed by atoms with van der Waals surface area (Å²) < 4.78 is 28.1. The first-order valence-electron chi connectivity index (χ1n) is 9.40. The van der Waals surface area contributed by atoms with Crippen molar-refractivity contribution < 1.29 is 22.8 Å². The first kappa shape index (κ1) is 21.4. The molecule has 0 bridgehead atoms. The first-order chi connectivity index (χ1) is 13.5. The number of likely N-dealkylation sites (N-methyl/N-ethyl adjacent to an activating group) is 1. The predicted molar refractivity (Wildman–Crippen MR) is 106 cm³/mol. The van der Waals surface area contributed by atoms with E-state index < -0.39 is 27.9 Å². The van der Waals surface area contributed by atoms with Crippen molar-refractivity contribution in [3.63, 3.8) is 0 Å². The van der Waals surface area contributed by atoms with E-state index in [-0.39, 0.29) is 19.8 Å². The van der Waals surface area contributed by atoms with Gasteiger partial charge in [0.2, 0.25) is 10.0 Å². The Morgan fingerprint density at radius 2 is 1.38 bits per heavy atom. The van der Waals surface area contributed by atoms with Crippen LogP contribution in [0, 0.1) is 27.7 Å². The lowest BCUT2D eigenvalue weighted by molar-refractivity contribution is -0.143. The van der Waals surface area contributed by atoms with Crippen LogP contribution >= 0.6 is 0 Å². The van der Waals surface area contributed by atoms with Gasteiger partial charge < -0.3 is 0 Å². The number of imide groups is 2. The van der Waals surface area contributed by atoms with Crippen LogP contribution in [0.1, 0.15) is 22.3 Å². The number of carbonyl (C=O) groups excluding carboxylic acids is 3. The molecule has 0 atom stereocenters. The quantitative estimate of drug-likeness (QED) is 0.521. The lowest BCUT2D eigenvalue weighted by Gasteiger charge is -2.35. The third kappa shape index (κ3) is 3.56. The number of piperazine rings is 1. The summed E-state index contributed by atoms with van der Waals surface area (Å²) in [5.41, 5.74) is 3.38. The van der Waals surface area contributed by atoms with Gasteiger partial charge in [0.15, 0.2) is 0 Å². The highest BCUT2D eigenvalue weighted by atomic mass is 32.2. The van der Waals surface area contributed by atoms with Gasteiger partial charge >= 0.3 is 17.8 Å². The number of amides is 4. The number of sulfonamides is 1. The molecule has 2 saturated heterocycles. The highest BCUT2D eigenvalue weighted by Crippen LogP contribution is 2.29. The van der Waals surface area contributed by atoms with Crippen molar-refractivity contribution in [3.8, 4) is 0 Å². The minimum atomic E-state index is -3.66. The van der Waals surface area contributed by atoms with Gasteiger partial charge in [-0.2, -0.15) is 4.31 Å². The van der Waals surface area contributed by atoms with Crippen LogP contribution in [0.2, 0.25) is 0 Å². The normalized spacial score (nSPS) is 19.6. The lowest BCUT2D eigenvalue weighted by Crippen LogP contribution is -2.52. The fourth-order valence-corrected chi connectivity index (χ4v) is 5.74. The summed E-state index contributed by atoms with van der Waals surface area (Å²) in [6, 6.07) is 1.33. The van der Waals surface area contributed by atoms with Crippen LogP contribution in [-0.2, 0) is 19.6 Å². The van der Waals surface area contributed by atoms with Crippen molar-refractivity contribution >= 4 is 27.9 Å². The van der Waals surface area contributed by atoms with Crippen molar-refractivity contribution in [2.24, 2.45) is 0 Å². The Labute approximate surface area is 170 Å². The minimum absolute atomic E-state index is 0.0246.